The first-order chi connectivity index (χ1) is 35.8. The van der Waals surface area contributed by atoms with E-state index in [-0.39, 0.29) is 49.4 Å². The quantitative estimate of drug-likeness (QED) is 0.149. The number of rotatable bonds is 7. The van der Waals surface area contributed by atoms with Gasteiger partial charge in [-0.05, 0) is 115 Å². The van der Waals surface area contributed by atoms with Crippen molar-refractivity contribution in [1.82, 2.24) is 9.55 Å². The summed E-state index contributed by atoms with van der Waals surface area (Å²) in [4.78, 5) is 9.28. The third-order valence-corrected chi connectivity index (χ3v) is 15.3. The summed E-state index contributed by atoms with van der Waals surface area (Å²) >= 11 is 0. The summed E-state index contributed by atoms with van der Waals surface area (Å²) in [6.45, 7) is 30.7. The second-order valence-electron chi connectivity index (χ2n) is 24.7. The van der Waals surface area contributed by atoms with Crippen LogP contribution in [0.4, 0.5) is 22.7 Å². The molecule has 2 aromatic heterocycles. The summed E-state index contributed by atoms with van der Waals surface area (Å²) in [6.07, 6.45) is 4.09. The van der Waals surface area contributed by atoms with E-state index in [2.05, 4.69) is 206 Å². The standard InChI is InChI=1S/C68H69N4O.Pt/c1-64(2,3)45-29-31-51(56(39-45)66(7,8)9)54-24-19-23-50(44-28-33-55-57(38-44)68(12,13)36-35-67(55,10)11)63(54)71-43-70(59-26-16-17-27-60(59)71)47-20-18-21-48(41-47)73-49-30-32-53-52-22-14-15-25-58(52)72(61(53)42-49)62-40-46(34-37-69-62)65(4,5)6;/h14-34,37-40,43H,35-36H2,1-13H3;/q-3;/i29D,31D,39D;. The zero-order valence-electron chi connectivity index (χ0n) is 48.2. The number of hydrogen-bond donors (Lipinski definition) is 0. The molecule has 1 aliphatic heterocycles. The van der Waals surface area contributed by atoms with Crippen LogP contribution in [-0.2, 0) is 48.1 Å². The normalized spacial score (nSPS) is 15.8. The van der Waals surface area contributed by atoms with Crippen LogP contribution in [0, 0.1) is 18.8 Å². The molecule has 6 heteroatoms. The fraction of sp³-hybridized carbons (Fsp3) is 0.294. The van der Waals surface area contributed by atoms with Crippen LogP contribution in [0.25, 0.3) is 49.9 Å². The summed E-state index contributed by atoms with van der Waals surface area (Å²) in [6, 6.07) is 52.3. The minimum absolute atomic E-state index is 0. The van der Waals surface area contributed by atoms with E-state index in [9.17, 15) is 4.11 Å². The van der Waals surface area contributed by atoms with Gasteiger partial charge < -0.3 is 19.1 Å². The van der Waals surface area contributed by atoms with Crippen molar-refractivity contribution in [2.45, 2.75) is 130 Å². The Kier molecular flexibility index (Phi) is 11.8. The average Bonchev–Trinajstić information content (AvgIpc) is 3.93. The van der Waals surface area contributed by atoms with Crippen molar-refractivity contribution in [3.63, 3.8) is 0 Å². The molecule has 0 amide bonds. The summed E-state index contributed by atoms with van der Waals surface area (Å²) in [5.41, 5.74) is 13.1. The van der Waals surface area contributed by atoms with Crippen LogP contribution >= 0.6 is 0 Å². The van der Waals surface area contributed by atoms with E-state index in [1.54, 1.807) is 0 Å². The van der Waals surface area contributed by atoms with Gasteiger partial charge in [-0.2, -0.15) is 12.1 Å². The Bertz CT molecular complexity index is 3790. The van der Waals surface area contributed by atoms with Crippen LogP contribution in [0.2, 0.25) is 0 Å². The molecule has 0 bridgehead atoms. The van der Waals surface area contributed by atoms with Gasteiger partial charge in [0.15, 0.2) is 0 Å². The molecule has 0 spiro atoms. The van der Waals surface area contributed by atoms with Crippen LogP contribution in [0.3, 0.4) is 0 Å². The maximum absolute atomic E-state index is 9.99. The van der Waals surface area contributed by atoms with Crippen molar-refractivity contribution < 1.29 is 29.9 Å². The Morgan fingerprint density at radius 1 is 0.595 bits per heavy atom. The molecule has 3 heterocycles. The smallest absolute Gasteiger partial charge is 0.135 e. The third kappa shape index (κ3) is 9.08. The number of pyridine rings is 1. The van der Waals surface area contributed by atoms with Crippen molar-refractivity contribution in [2.75, 3.05) is 9.80 Å². The zero-order valence-corrected chi connectivity index (χ0v) is 47.5. The molecule has 9 aromatic rings. The van der Waals surface area contributed by atoms with Crippen LogP contribution in [0.15, 0.2) is 152 Å². The number of hydrogen-bond acceptors (Lipinski definition) is 4. The monoisotopic (exact) mass is 1160 g/mol. The van der Waals surface area contributed by atoms with Crippen molar-refractivity contribution in [1.29, 1.82) is 0 Å². The summed E-state index contributed by atoms with van der Waals surface area (Å²) in [5, 5.41) is 2.18. The second-order valence-corrected chi connectivity index (χ2v) is 24.7. The maximum Gasteiger partial charge on any atom is 0.135 e. The Morgan fingerprint density at radius 2 is 1.26 bits per heavy atom. The van der Waals surface area contributed by atoms with E-state index in [1.165, 1.54) is 16.7 Å². The van der Waals surface area contributed by atoms with Crippen LogP contribution < -0.4 is 14.5 Å². The van der Waals surface area contributed by atoms with Gasteiger partial charge in [0.25, 0.3) is 0 Å². The van der Waals surface area contributed by atoms with E-state index < -0.39 is 10.8 Å². The number of ether oxygens (including phenoxy) is 1. The first-order valence-corrected chi connectivity index (χ1v) is 25.9. The number of benzene rings is 7. The first-order valence-electron chi connectivity index (χ1n) is 27.4. The number of nitrogens with zero attached hydrogens (tertiary/aromatic N) is 4. The van der Waals surface area contributed by atoms with Crippen molar-refractivity contribution >= 4 is 44.6 Å². The number of fused-ring (bicyclic) bond motifs is 5. The minimum Gasteiger partial charge on any atom is -0.509 e. The predicted molar refractivity (Wildman–Crippen MR) is 306 cm³/mol. The van der Waals surface area contributed by atoms with Gasteiger partial charge in [-0.25, -0.2) is 4.98 Å². The van der Waals surface area contributed by atoms with Crippen molar-refractivity contribution in [2.24, 2.45) is 0 Å². The molecule has 74 heavy (non-hydrogen) atoms. The van der Waals surface area contributed by atoms with Crippen molar-refractivity contribution in [3.8, 4) is 39.6 Å². The average molecular weight is 1160 g/mol. The molecule has 0 unspecified atom stereocenters. The number of anilines is 4. The maximum atomic E-state index is 9.99. The first kappa shape index (κ1) is 47.3. The fourth-order valence-electron chi connectivity index (χ4n) is 11.0. The van der Waals surface area contributed by atoms with Gasteiger partial charge in [0, 0.05) is 72.5 Å². The van der Waals surface area contributed by atoms with E-state index in [4.69, 9.17) is 9.72 Å². The molecule has 0 radical (unpaired) electrons. The van der Waals surface area contributed by atoms with Gasteiger partial charge in [0.2, 0.25) is 0 Å². The Balaban J connectivity index is 0.00000672. The van der Waals surface area contributed by atoms with Crippen LogP contribution in [-0.4, -0.2) is 9.55 Å². The Hall–Kier alpha value is -6.42. The molecule has 0 fully saturated rings. The molecule has 1 aliphatic carbocycles. The SMILES string of the molecule is [2H]c1c([2H])c(C(C)(C)C)c([2H])c(C(C)(C)C)c1-c1cccc(-c2ccc3c(c2)C(C)(C)CCC3(C)C)c1N1[CH-]N(c2[c-]c(Oc3[c-]c4c(cc3)c3ccccc3n4-c3cc(C(C)(C)C)ccn3)ccc2)c2ccccc21.[Pt]. The minimum atomic E-state index is -0.536. The summed E-state index contributed by atoms with van der Waals surface area (Å²) in [7, 11) is 0. The van der Waals surface area contributed by atoms with Crippen LogP contribution in [0.5, 0.6) is 11.5 Å². The molecule has 0 atom stereocenters. The van der Waals surface area contributed by atoms with Gasteiger partial charge in [-0.1, -0.05) is 180 Å². The van der Waals surface area contributed by atoms with E-state index >= 15 is 0 Å². The molecular formula is C68H69N4OPt-3. The molecule has 0 saturated heterocycles. The molecule has 2 aliphatic rings. The van der Waals surface area contributed by atoms with Crippen molar-refractivity contribution in [3.05, 3.63) is 198 Å². The summed E-state index contributed by atoms with van der Waals surface area (Å²) < 4.78 is 38.4. The molecule has 11 rings (SSSR count). The van der Waals surface area contributed by atoms with Crippen LogP contribution in [0.1, 0.15) is 135 Å². The largest absolute Gasteiger partial charge is 0.509 e. The predicted octanol–water partition coefficient (Wildman–Crippen LogP) is 18.6. The van der Waals surface area contributed by atoms with E-state index in [1.807, 2.05) is 51.2 Å². The van der Waals surface area contributed by atoms with E-state index in [0.717, 1.165) is 85.5 Å². The molecule has 7 aromatic carbocycles. The molecule has 0 saturated carbocycles. The zero-order chi connectivity index (χ0) is 54.0. The Labute approximate surface area is 459 Å². The number of para-hydroxylation sites is 4. The van der Waals surface area contributed by atoms with Gasteiger partial charge in [-0.15, -0.1) is 48.1 Å². The molecular weight excluding hydrogens is 1080 g/mol. The van der Waals surface area contributed by atoms with Gasteiger partial charge in [0.05, 0.1) is 4.11 Å². The molecule has 5 nitrogen and oxygen atoms in total. The second kappa shape index (κ2) is 18.4. The fourth-order valence-corrected chi connectivity index (χ4v) is 11.0. The van der Waals surface area contributed by atoms with E-state index in [0.29, 0.717) is 28.7 Å². The van der Waals surface area contributed by atoms with Gasteiger partial charge in [0.1, 0.15) is 5.82 Å². The number of aromatic nitrogens is 2. The third-order valence-electron chi connectivity index (χ3n) is 15.3. The Morgan fingerprint density at radius 3 is 1.99 bits per heavy atom. The molecule has 0 N–H and O–H groups in total. The van der Waals surface area contributed by atoms with Gasteiger partial charge >= 0.3 is 0 Å². The summed E-state index contributed by atoms with van der Waals surface area (Å²) in [5.74, 6) is 1.92. The topological polar surface area (TPSA) is 33.5 Å². The molecule has 380 valence electrons. The van der Waals surface area contributed by atoms with Gasteiger partial charge in [-0.3, -0.25) is 0 Å².